The molecule has 126 valence electrons. The number of carbonyl (C=O) groups is 2. The van der Waals surface area contributed by atoms with Crippen LogP contribution in [-0.2, 0) is 4.79 Å². The summed E-state index contributed by atoms with van der Waals surface area (Å²) >= 11 is 0. The number of nitrogens with two attached hydrogens (primary N) is 1. The van der Waals surface area contributed by atoms with Gasteiger partial charge in [0.2, 0.25) is 5.91 Å². The lowest BCUT2D eigenvalue weighted by molar-refractivity contribution is -0.122. The first-order valence-electron chi connectivity index (χ1n) is 7.55. The van der Waals surface area contributed by atoms with E-state index in [2.05, 4.69) is 5.32 Å². The molecule has 2 aromatic carbocycles. The van der Waals surface area contributed by atoms with Gasteiger partial charge in [-0.25, -0.2) is 0 Å². The predicted octanol–water partition coefficient (Wildman–Crippen LogP) is 2.59. The summed E-state index contributed by atoms with van der Waals surface area (Å²) in [5.41, 5.74) is 6.14. The van der Waals surface area contributed by atoms with Crippen molar-refractivity contribution in [3.05, 3.63) is 54.1 Å². The van der Waals surface area contributed by atoms with Gasteiger partial charge in [0.1, 0.15) is 11.5 Å². The Balaban J connectivity index is 2.03. The molecule has 0 saturated heterocycles. The van der Waals surface area contributed by atoms with Gasteiger partial charge in [0.15, 0.2) is 6.10 Å². The normalized spacial score (nSPS) is 11.4. The number of carbonyl (C=O) groups excluding carboxylic acids is 2. The Bertz CT molecular complexity index is 713. The van der Waals surface area contributed by atoms with Gasteiger partial charge in [-0.15, -0.1) is 0 Å². The molecule has 6 nitrogen and oxygen atoms in total. The summed E-state index contributed by atoms with van der Waals surface area (Å²) in [6.07, 6.45) is -0.143. The van der Waals surface area contributed by atoms with Crippen LogP contribution in [0.5, 0.6) is 11.5 Å². The smallest absolute Gasteiger partial charge is 0.265 e. The predicted molar refractivity (Wildman–Crippen MR) is 91.3 cm³/mol. The number of hydrogen-bond acceptors (Lipinski definition) is 4. The molecule has 0 fully saturated rings. The second-order valence-electron chi connectivity index (χ2n) is 5.12. The second kappa shape index (κ2) is 8.01. The minimum absolute atomic E-state index is 0.271. The van der Waals surface area contributed by atoms with Crippen molar-refractivity contribution in [3.63, 3.8) is 0 Å². The lowest BCUT2D eigenvalue weighted by Crippen LogP contribution is -2.32. The van der Waals surface area contributed by atoms with Crippen molar-refractivity contribution in [2.24, 2.45) is 5.73 Å². The lowest BCUT2D eigenvalue weighted by Gasteiger charge is -2.17. The van der Waals surface area contributed by atoms with Crippen molar-refractivity contribution < 1.29 is 19.1 Å². The molecule has 0 aliphatic rings. The SMILES string of the molecule is CC[C@@H](Oc1cccc(OC)c1)C(=O)Nc1ccc(C(N)=O)cc1. The maximum Gasteiger partial charge on any atom is 0.265 e. The zero-order valence-electron chi connectivity index (χ0n) is 13.6. The van der Waals surface area contributed by atoms with Crippen LogP contribution < -0.4 is 20.5 Å². The van der Waals surface area contributed by atoms with E-state index < -0.39 is 12.0 Å². The van der Waals surface area contributed by atoms with Crippen molar-refractivity contribution in [1.82, 2.24) is 0 Å². The highest BCUT2D eigenvalue weighted by atomic mass is 16.5. The highest BCUT2D eigenvalue weighted by Gasteiger charge is 2.19. The molecule has 0 saturated carbocycles. The zero-order valence-corrected chi connectivity index (χ0v) is 13.6. The summed E-state index contributed by atoms with van der Waals surface area (Å²) < 4.78 is 10.9. The molecule has 0 unspecified atom stereocenters. The molecule has 0 spiro atoms. The summed E-state index contributed by atoms with van der Waals surface area (Å²) in [5, 5.41) is 2.76. The Labute approximate surface area is 140 Å². The van der Waals surface area contributed by atoms with Gasteiger partial charge in [-0.3, -0.25) is 9.59 Å². The van der Waals surface area contributed by atoms with Crippen molar-refractivity contribution >= 4 is 17.5 Å². The summed E-state index contributed by atoms with van der Waals surface area (Å²) in [6, 6.07) is 13.4. The molecule has 0 bridgehead atoms. The Morgan fingerprint density at radius 3 is 2.38 bits per heavy atom. The quantitative estimate of drug-likeness (QED) is 0.817. The number of ether oxygens (including phenoxy) is 2. The van der Waals surface area contributed by atoms with Gasteiger partial charge < -0.3 is 20.5 Å². The second-order valence-corrected chi connectivity index (χ2v) is 5.12. The third kappa shape index (κ3) is 4.49. The van der Waals surface area contributed by atoms with E-state index >= 15 is 0 Å². The van der Waals surface area contributed by atoms with E-state index in [1.54, 1.807) is 55.6 Å². The number of hydrogen-bond donors (Lipinski definition) is 2. The van der Waals surface area contributed by atoms with Gasteiger partial charge in [-0.2, -0.15) is 0 Å². The molecule has 2 rings (SSSR count). The van der Waals surface area contributed by atoms with Gasteiger partial charge >= 0.3 is 0 Å². The van der Waals surface area contributed by atoms with Crippen LogP contribution in [0.1, 0.15) is 23.7 Å². The minimum atomic E-state index is -0.645. The van der Waals surface area contributed by atoms with Crippen LogP contribution in [-0.4, -0.2) is 25.0 Å². The van der Waals surface area contributed by atoms with E-state index in [9.17, 15) is 9.59 Å². The average molecular weight is 328 g/mol. The molecule has 1 atom stereocenters. The highest BCUT2D eigenvalue weighted by molar-refractivity contribution is 5.96. The fraction of sp³-hybridized carbons (Fsp3) is 0.222. The Morgan fingerprint density at radius 2 is 1.79 bits per heavy atom. The average Bonchev–Trinajstić information content (AvgIpc) is 2.60. The minimum Gasteiger partial charge on any atom is -0.497 e. The van der Waals surface area contributed by atoms with E-state index in [1.807, 2.05) is 6.92 Å². The first kappa shape index (κ1) is 17.3. The van der Waals surface area contributed by atoms with Crippen LogP contribution in [0.2, 0.25) is 0 Å². The zero-order chi connectivity index (χ0) is 17.5. The van der Waals surface area contributed by atoms with Crippen LogP contribution in [0.3, 0.4) is 0 Å². The van der Waals surface area contributed by atoms with Crippen molar-refractivity contribution in [1.29, 1.82) is 0 Å². The molecule has 6 heteroatoms. The Hall–Kier alpha value is -3.02. The number of benzene rings is 2. The fourth-order valence-corrected chi connectivity index (χ4v) is 2.10. The molecular weight excluding hydrogens is 308 g/mol. The summed E-state index contributed by atoms with van der Waals surface area (Å²) in [4.78, 5) is 23.4. The lowest BCUT2D eigenvalue weighted by atomic mass is 10.2. The fourth-order valence-electron chi connectivity index (χ4n) is 2.10. The van der Waals surface area contributed by atoms with Crippen LogP contribution in [0, 0.1) is 0 Å². The molecular formula is C18H20N2O4. The standard InChI is InChI=1S/C18H20N2O4/c1-3-16(24-15-6-4-5-14(11-15)23-2)18(22)20-13-9-7-12(8-10-13)17(19)21/h4-11,16H,3H2,1-2H3,(H2,19,21)(H,20,22)/t16-/m1/s1. The van der Waals surface area contributed by atoms with E-state index in [0.29, 0.717) is 29.2 Å². The number of methoxy groups -OCH3 is 1. The molecule has 0 aliphatic carbocycles. The number of nitrogens with one attached hydrogen (secondary N) is 1. The molecule has 2 amide bonds. The summed E-state index contributed by atoms with van der Waals surface area (Å²) in [5.74, 6) is 0.429. The topological polar surface area (TPSA) is 90.7 Å². The molecule has 0 aromatic heterocycles. The van der Waals surface area contributed by atoms with Crippen LogP contribution in [0.4, 0.5) is 5.69 Å². The van der Waals surface area contributed by atoms with Gasteiger partial charge in [-0.1, -0.05) is 13.0 Å². The van der Waals surface area contributed by atoms with E-state index in [1.165, 1.54) is 0 Å². The van der Waals surface area contributed by atoms with Gasteiger partial charge in [0.25, 0.3) is 5.91 Å². The maximum atomic E-state index is 12.4. The molecule has 24 heavy (non-hydrogen) atoms. The number of anilines is 1. The van der Waals surface area contributed by atoms with E-state index in [0.717, 1.165) is 0 Å². The molecule has 0 radical (unpaired) electrons. The van der Waals surface area contributed by atoms with E-state index in [-0.39, 0.29) is 5.91 Å². The van der Waals surface area contributed by atoms with Crippen molar-refractivity contribution in [2.45, 2.75) is 19.4 Å². The number of primary amides is 1. The van der Waals surface area contributed by atoms with Crippen LogP contribution >= 0.6 is 0 Å². The van der Waals surface area contributed by atoms with E-state index in [4.69, 9.17) is 15.2 Å². The molecule has 3 N–H and O–H groups in total. The largest absolute Gasteiger partial charge is 0.497 e. The number of rotatable bonds is 7. The maximum absolute atomic E-state index is 12.4. The summed E-state index contributed by atoms with van der Waals surface area (Å²) in [6.45, 7) is 1.86. The summed E-state index contributed by atoms with van der Waals surface area (Å²) in [7, 11) is 1.57. The van der Waals surface area contributed by atoms with Gasteiger partial charge in [0, 0.05) is 17.3 Å². The van der Waals surface area contributed by atoms with Gasteiger partial charge in [0.05, 0.1) is 7.11 Å². The first-order valence-corrected chi connectivity index (χ1v) is 7.55. The Kier molecular flexibility index (Phi) is 5.78. The van der Waals surface area contributed by atoms with Gasteiger partial charge in [-0.05, 0) is 42.8 Å². The third-order valence-electron chi connectivity index (χ3n) is 3.42. The monoisotopic (exact) mass is 328 g/mol. The highest BCUT2D eigenvalue weighted by Crippen LogP contribution is 2.21. The van der Waals surface area contributed by atoms with Crippen LogP contribution in [0.15, 0.2) is 48.5 Å². The molecule has 0 heterocycles. The van der Waals surface area contributed by atoms with Crippen molar-refractivity contribution in [3.8, 4) is 11.5 Å². The van der Waals surface area contributed by atoms with Crippen molar-refractivity contribution in [2.75, 3.05) is 12.4 Å². The number of amides is 2. The Morgan fingerprint density at radius 1 is 1.12 bits per heavy atom. The third-order valence-corrected chi connectivity index (χ3v) is 3.42. The molecule has 2 aromatic rings. The first-order chi connectivity index (χ1) is 11.5. The van der Waals surface area contributed by atoms with Crippen LogP contribution in [0.25, 0.3) is 0 Å². The molecule has 0 aliphatic heterocycles.